The van der Waals surface area contributed by atoms with Crippen molar-refractivity contribution in [2.75, 3.05) is 10.6 Å². The third-order valence-electron chi connectivity index (χ3n) is 4.81. The minimum Gasteiger partial charge on any atom is -0.362 e. The van der Waals surface area contributed by atoms with E-state index in [1.165, 1.54) is 0 Å². The van der Waals surface area contributed by atoms with Crippen LogP contribution in [-0.2, 0) is 0 Å². The molecule has 0 aliphatic carbocycles. The maximum atomic E-state index is 13.8. The first-order valence-corrected chi connectivity index (χ1v) is 10.6. The molecular weight excluding hydrogens is 529 g/mol. The molecule has 4 rings (SSSR count). The maximum Gasteiger partial charge on any atom is 0.410 e. The fourth-order valence-corrected chi connectivity index (χ4v) is 4.18. The molecule has 2 heterocycles. The molecule has 0 saturated heterocycles. The summed E-state index contributed by atoms with van der Waals surface area (Å²) in [6.45, 7) is 0. The van der Waals surface area contributed by atoms with Crippen molar-refractivity contribution in [3.63, 3.8) is 0 Å². The number of hydrogen-bond acceptors (Lipinski definition) is 3. The molecule has 1 amide bonds. The Labute approximate surface area is 186 Å². The average molecular weight is 544 g/mol. The predicted molar refractivity (Wildman–Crippen MR) is 115 cm³/mol. The van der Waals surface area contributed by atoms with Gasteiger partial charge in [0, 0.05) is 16.6 Å². The van der Waals surface area contributed by atoms with Crippen molar-refractivity contribution in [3.8, 4) is 0 Å². The van der Waals surface area contributed by atoms with Gasteiger partial charge >= 0.3 is 6.18 Å². The molecule has 5 nitrogen and oxygen atoms in total. The van der Waals surface area contributed by atoms with E-state index in [4.69, 9.17) is 0 Å². The minimum atomic E-state index is -4.52. The van der Waals surface area contributed by atoms with E-state index >= 15 is 0 Å². The molecule has 2 unspecified atom stereocenters. The summed E-state index contributed by atoms with van der Waals surface area (Å²) in [6, 6.07) is 13.3. The van der Waals surface area contributed by atoms with Gasteiger partial charge in [0.2, 0.25) is 0 Å². The molecule has 1 aromatic heterocycles. The Bertz CT molecular complexity index is 1070. The zero-order chi connectivity index (χ0) is 21.5. The van der Waals surface area contributed by atoms with E-state index in [2.05, 4.69) is 47.6 Å². The van der Waals surface area contributed by atoms with Crippen molar-refractivity contribution in [1.29, 1.82) is 0 Å². The van der Waals surface area contributed by atoms with Crippen LogP contribution in [0.1, 0.15) is 34.6 Å². The van der Waals surface area contributed by atoms with Crippen LogP contribution in [0.2, 0.25) is 0 Å². The van der Waals surface area contributed by atoms with Gasteiger partial charge in [-0.25, -0.2) is 4.68 Å². The third-order valence-corrected chi connectivity index (χ3v) is 6.09. The van der Waals surface area contributed by atoms with Crippen LogP contribution in [-0.4, -0.2) is 21.9 Å². The fraction of sp³-hybridized carbons (Fsp3) is 0.200. The van der Waals surface area contributed by atoms with E-state index in [-0.39, 0.29) is 22.4 Å². The number of halogens is 5. The van der Waals surface area contributed by atoms with Crippen LogP contribution in [0.25, 0.3) is 0 Å². The molecule has 10 heteroatoms. The summed E-state index contributed by atoms with van der Waals surface area (Å²) in [4.78, 5) is 12.7. The molecule has 2 aromatic carbocycles. The Balaban J connectivity index is 1.69. The quantitative estimate of drug-likeness (QED) is 0.406. The van der Waals surface area contributed by atoms with Crippen LogP contribution in [0.15, 0.2) is 63.5 Å². The lowest BCUT2D eigenvalue weighted by molar-refractivity contribution is -0.173. The number of amides is 1. The topological polar surface area (TPSA) is 59.0 Å². The second-order valence-corrected chi connectivity index (χ2v) is 8.53. The number of nitrogens with zero attached hydrogens (tertiary/aromatic N) is 2. The standard InChI is InChI=1S/C20H15Br2F3N4O/c21-12-6-8-13(9-7-12)26-19(30)17-16(22)18-27-14(11-4-2-1-3-5-11)10-15(20(23,24)25)29(18)28-17/h1-9,14-15,27H,10H2,(H,26,30). The van der Waals surface area contributed by atoms with Gasteiger partial charge in [-0.05, 0) is 45.8 Å². The van der Waals surface area contributed by atoms with Crippen LogP contribution in [0.3, 0.4) is 0 Å². The van der Waals surface area contributed by atoms with Crippen LogP contribution in [0.4, 0.5) is 24.7 Å². The molecule has 0 saturated carbocycles. The van der Waals surface area contributed by atoms with Gasteiger partial charge in [-0.1, -0.05) is 46.3 Å². The monoisotopic (exact) mass is 542 g/mol. The van der Waals surface area contributed by atoms with Crippen molar-refractivity contribution < 1.29 is 18.0 Å². The van der Waals surface area contributed by atoms with Gasteiger partial charge in [0.15, 0.2) is 11.7 Å². The van der Waals surface area contributed by atoms with Crippen LogP contribution in [0.5, 0.6) is 0 Å². The highest BCUT2D eigenvalue weighted by atomic mass is 79.9. The van der Waals surface area contributed by atoms with Crippen LogP contribution < -0.4 is 10.6 Å². The van der Waals surface area contributed by atoms with Crippen molar-refractivity contribution in [1.82, 2.24) is 9.78 Å². The van der Waals surface area contributed by atoms with E-state index in [0.717, 1.165) is 14.7 Å². The Morgan fingerprint density at radius 1 is 1.10 bits per heavy atom. The third kappa shape index (κ3) is 4.11. The molecule has 3 aromatic rings. The summed E-state index contributed by atoms with van der Waals surface area (Å²) < 4.78 is 43.4. The molecule has 0 radical (unpaired) electrons. The molecule has 1 aliphatic rings. The van der Waals surface area contributed by atoms with E-state index in [1.54, 1.807) is 54.6 Å². The molecular formula is C20H15Br2F3N4O. The average Bonchev–Trinajstić information content (AvgIpc) is 3.05. The van der Waals surface area contributed by atoms with E-state index < -0.39 is 24.2 Å². The van der Waals surface area contributed by atoms with E-state index in [9.17, 15) is 18.0 Å². The van der Waals surface area contributed by atoms with Crippen LogP contribution in [0, 0.1) is 0 Å². The highest BCUT2D eigenvalue weighted by Crippen LogP contribution is 2.46. The summed E-state index contributed by atoms with van der Waals surface area (Å²) in [5, 5.41) is 9.76. The van der Waals surface area contributed by atoms with E-state index in [0.29, 0.717) is 5.69 Å². The molecule has 2 atom stereocenters. The first-order chi connectivity index (χ1) is 14.2. The van der Waals surface area contributed by atoms with Crippen molar-refractivity contribution in [3.05, 3.63) is 74.8 Å². The van der Waals surface area contributed by atoms with Crippen molar-refractivity contribution >= 4 is 49.3 Å². The number of aromatic nitrogens is 2. The smallest absolute Gasteiger partial charge is 0.362 e. The number of rotatable bonds is 3. The Kier molecular flexibility index (Phi) is 5.63. The number of hydrogen-bond donors (Lipinski definition) is 2. The SMILES string of the molecule is O=C(Nc1ccc(Br)cc1)c1nn2c(c1Br)NC(c1ccccc1)CC2C(F)(F)F. The number of alkyl halides is 3. The fourth-order valence-electron chi connectivity index (χ4n) is 3.36. The zero-order valence-corrected chi connectivity index (χ0v) is 18.4. The molecule has 2 N–H and O–H groups in total. The van der Waals surface area contributed by atoms with Gasteiger partial charge in [-0.3, -0.25) is 4.79 Å². The molecule has 1 aliphatic heterocycles. The highest BCUT2D eigenvalue weighted by Gasteiger charge is 2.47. The number of carbonyl (C=O) groups is 1. The lowest BCUT2D eigenvalue weighted by Gasteiger charge is -2.33. The van der Waals surface area contributed by atoms with Gasteiger partial charge in [-0.15, -0.1) is 0 Å². The zero-order valence-electron chi connectivity index (χ0n) is 15.3. The van der Waals surface area contributed by atoms with Crippen molar-refractivity contribution in [2.45, 2.75) is 24.7 Å². The number of fused-ring (bicyclic) bond motifs is 1. The summed E-state index contributed by atoms with van der Waals surface area (Å²) in [5.74, 6) is -0.483. The second kappa shape index (κ2) is 8.07. The summed E-state index contributed by atoms with van der Waals surface area (Å²) in [6.07, 6.45) is -4.75. The number of anilines is 2. The van der Waals surface area contributed by atoms with Gasteiger partial charge in [0.05, 0.1) is 10.5 Å². The first kappa shape index (κ1) is 20.9. The first-order valence-electron chi connectivity index (χ1n) is 8.97. The molecule has 0 spiro atoms. The largest absolute Gasteiger partial charge is 0.410 e. The van der Waals surface area contributed by atoms with Crippen molar-refractivity contribution in [2.24, 2.45) is 0 Å². The summed E-state index contributed by atoms with van der Waals surface area (Å²) in [7, 11) is 0. The minimum absolute atomic E-state index is 0.122. The normalized spacial score (nSPS) is 18.4. The highest BCUT2D eigenvalue weighted by molar-refractivity contribution is 9.11. The molecule has 0 bridgehead atoms. The van der Waals surface area contributed by atoms with Gasteiger partial charge < -0.3 is 10.6 Å². The van der Waals surface area contributed by atoms with E-state index in [1.807, 2.05) is 0 Å². The van der Waals surface area contributed by atoms with Gasteiger partial charge in [0.1, 0.15) is 5.82 Å². The Morgan fingerprint density at radius 2 is 1.77 bits per heavy atom. The Morgan fingerprint density at radius 3 is 2.40 bits per heavy atom. The number of benzene rings is 2. The second-order valence-electron chi connectivity index (χ2n) is 6.82. The molecule has 30 heavy (non-hydrogen) atoms. The number of carbonyl (C=O) groups excluding carboxylic acids is 1. The Hall–Kier alpha value is -2.33. The number of nitrogens with one attached hydrogen (secondary N) is 2. The summed E-state index contributed by atoms with van der Waals surface area (Å²) >= 11 is 6.58. The predicted octanol–water partition coefficient (Wildman–Crippen LogP) is 6.32. The van der Waals surface area contributed by atoms with Gasteiger partial charge in [-0.2, -0.15) is 18.3 Å². The molecule has 0 fully saturated rings. The van der Waals surface area contributed by atoms with Crippen LogP contribution >= 0.6 is 31.9 Å². The molecule has 156 valence electrons. The lowest BCUT2D eigenvalue weighted by atomic mass is 9.97. The summed E-state index contributed by atoms with van der Waals surface area (Å²) in [5.41, 5.74) is 1.11. The maximum absolute atomic E-state index is 13.8. The van der Waals surface area contributed by atoms with Gasteiger partial charge in [0.25, 0.3) is 5.91 Å². The lowest BCUT2D eigenvalue weighted by Crippen LogP contribution is -2.35.